The summed E-state index contributed by atoms with van der Waals surface area (Å²) in [5.41, 5.74) is 0. The Morgan fingerprint density at radius 3 is 0.759 bits per heavy atom. The highest BCUT2D eigenvalue weighted by Gasteiger charge is 2.19. The number of allylic oxidation sites excluding steroid dienone is 12. The van der Waals surface area contributed by atoms with Crippen molar-refractivity contribution >= 4 is 17.9 Å². The summed E-state index contributed by atoms with van der Waals surface area (Å²) >= 11 is 0. The number of ether oxygens (including phenoxy) is 3. The van der Waals surface area contributed by atoms with Crippen molar-refractivity contribution in [1.29, 1.82) is 0 Å². The van der Waals surface area contributed by atoms with E-state index in [1.165, 1.54) is 244 Å². The first-order valence-electron chi connectivity index (χ1n) is 36.4. The largest absolute Gasteiger partial charge is 0.462 e. The normalized spacial score (nSPS) is 12.5. The molecular weight excluding hydrogens is 1020 g/mol. The van der Waals surface area contributed by atoms with Crippen molar-refractivity contribution in [3.8, 4) is 0 Å². The van der Waals surface area contributed by atoms with Crippen LogP contribution in [0.25, 0.3) is 0 Å². The fraction of sp³-hybridized carbons (Fsp3) is 0.805. The smallest absolute Gasteiger partial charge is 0.306 e. The monoisotopic (exact) mass is 1160 g/mol. The second-order valence-corrected chi connectivity index (χ2v) is 24.5. The molecule has 0 aliphatic carbocycles. The predicted octanol–water partition coefficient (Wildman–Crippen LogP) is 25.2. The molecule has 6 heteroatoms. The third-order valence-electron chi connectivity index (χ3n) is 16.2. The summed E-state index contributed by atoms with van der Waals surface area (Å²) in [5.74, 6) is -0.898. The van der Waals surface area contributed by atoms with Crippen LogP contribution in [0.2, 0.25) is 0 Å². The Morgan fingerprint density at radius 1 is 0.253 bits per heavy atom. The summed E-state index contributed by atoms with van der Waals surface area (Å²) in [6.07, 6.45) is 93.7. The minimum Gasteiger partial charge on any atom is -0.462 e. The zero-order chi connectivity index (χ0) is 59.9. The standard InChI is InChI=1S/C77H138O6/c1-4-7-10-13-16-19-22-25-28-31-34-35-36-37-38-39-40-41-44-46-49-52-55-58-61-64-67-70-76(79)82-73-74(83-77(80)71-68-65-62-59-56-53-50-47-43-33-30-27-24-21-18-15-12-9-6-3)72-81-75(78)69-66-63-60-57-54-51-48-45-42-32-29-26-23-20-17-14-11-8-5-2/h9,12,18,21,26-27,29-30,43,47,53,56,74H,4-8,10-11,13-17,19-20,22-25,28,31-42,44-46,48-52,54-55,57-73H2,1-3H3/b12-9-,21-18-,29-26-,30-27-,47-43-,56-53-. The second kappa shape index (κ2) is 71.3. The van der Waals surface area contributed by atoms with Crippen LogP contribution in [0.4, 0.5) is 0 Å². The van der Waals surface area contributed by atoms with Crippen LogP contribution in [0.3, 0.4) is 0 Å². The molecular formula is C77H138O6. The number of carbonyl (C=O) groups excluding carboxylic acids is 3. The molecule has 0 aliphatic rings. The first-order valence-corrected chi connectivity index (χ1v) is 36.4. The SMILES string of the molecule is CC/C=C\C/C=C\C/C=C\C/C=C\C/C=C\CCCCCC(=O)OC(COC(=O)CCCCCCCCCCC/C=C\CCCCCCCC)COC(=O)CCCCCCCCCCCCCCCCCCCCCCCCCCCCC. The van der Waals surface area contributed by atoms with E-state index in [2.05, 4.69) is 93.7 Å². The van der Waals surface area contributed by atoms with E-state index in [-0.39, 0.29) is 31.1 Å². The Kier molecular flexibility index (Phi) is 68.6. The van der Waals surface area contributed by atoms with Crippen LogP contribution in [0.15, 0.2) is 72.9 Å². The Balaban J connectivity index is 4.32. The first-order chi connectivity index (χ1) is 41.0. The molecule has 0 aliphatic heterocycles. The lowest BCUT2D eigenvalue weighted by Crippen LogP contribution is -2.30. The third-order valence-corrected chi connectivity index (χ3v) is 16.2. The molecule has 0 aromatic rings. The van der Waals surface area contributed by atoms with Crippen LogP contribution in [0.5, 0.6) is 0 Å². The van der Waals surface area contributed by atoms with Gasteiger partial charge in [0.25, 0.3) is 0 Å². The summed E-state index contributed by atoms with van der Waals surface area (Å²) in [4.78, 5) is 38.5. The van der Waals surface area contributed by atoms with E-state index >= 15 is 0 Å². The van der Waals surface area contributed by atoms with Gasteiger partial charge in [0.2, 0.25) is 0 Å². The van der Waals surface area contributed by atoms with Crippen LogP contribution >= 0.6 is 0 Å². The Morgan fingerprint density at radius 2 is 0.470 bits per heavy atom. The van der Waals surface area contributed by atoms with Crippen LogP contribution in [0.1, 0.15) is 380 Å². The predicted molar refractivity (Wildman–Crippen MR) is 362 cm³/mol. The maximum Gasteiger partial charge on any atom is 0.306 e. The number of unbranched alkanes of at least 4 members (excludes halogenated alkanes) is 44. The molecule has 0 saturated carbocycles. The van der Waals surface area contributed by atoms with Crippen molar-refractivity contribution in [3.05, 3.63) is 72.9 Å². The van der Waals surface area contributed by atoms with Gasteiger partial charge in [-0.15, -0.1) is 0 Å². The Hall–Kier alpha value is -3.15. The lowest BCUT2D eigenvalue weighted by Gasteiger charge is -2.18. The van der Waals surface area contributed by atoms with Crippen LogP contribution < -0.4 is 0 Å². The molecule has 0 radical (unpaired) electrons. The van der Waals surface area contributed by atoms with Crippen LogP contribution in [-0.2, 0) is 28.6 Å². The Labute approximate surface area is 516 Å². The average Bonchev–Trinajstić information content (AvgIpc) is 3.50. The van der Waals surface area contributed by atoms with Gasteiger partial charge in [-0.3, -0.25) is 14.4 Å². The van der Waals surface area contributed by atoms with Gasteiger partial charge in [-0.2, -0.15) is 0 Å². The summed E-state index contributed by atoms with van der Waals surface area (Å²) in [6, 6.07) is 0. The molecule has 0 bridgehead atoms. The molecule has 0 aromatic heterocycles. The van der Waals surface area contributed by atoms with Gasteiger partial charge in [0.15, 0.2) is 6.10 Å². The fourth-order valence-corrected chi connectivity index (χ4v) is 10.8. The first kappa shape index (κ1) is 79.8. The van der Waals surface area contributed by atoms with E-state index in [0.29, 0.717) is 19.3 Å². The van der Waals surface area contributed by atoms with E-state index < -0.39 is 6.10 Å². The second-order valence-electron chi connectivity index (χ2n) is 24.5. The van der Waals surface area contributed by atoms with Crippen molar-refractivity contribution in [2.45, 2.75) is 386 Å². The van der Waals surface area contributed by atoms with E-state index in [0.717, 1.165) is 96.3 Å². The van der Waals surface area contributed by atoms with Crippen LogP contribution in [0, 0.1) is 0 Å². The molecule has 0 amide bonds. The molecule has 482 valence electrons. The lowest BCUT2D eigenvalue weighted by atomic mass is 10.0. The quantitative estimate of drug-likeness (QED) is 0.0261. The minimum absolute atomic E-state index is 0.0859. The van der Waals surface area contributed by atoms with Gasteiger partial charge in [-0.05, 0) is 89.9 Å². The topological polar surface area (TPSA) is 78.9 Å². The molecule has 1 unspecified atom stereocenters. The molecule has 0 spiro atoms. The highest BCUT2D eigenvalue weighted by molar-refractivity contribution is 5.71. The highest BCUT2D eigenvalue weighted by atomic mass is 16.6. The van der Waals surface area contributed by atoms with Gasteiger partial charge >= 0.3 is 17.9 Å². The molecule has 0 N–H and O–H groups in total. The summed E-state index contributed by atoms with van der Waals surface area (Å²) in [7, 11) is 0. The fourth-order valence-electron chi connectivity index (χ4n) is 10.8. The van der Waals surface area contributed by atoms with Gasteiger partial charge in [0.1, 0.15) is 13.2 Å². The molecule has 6 nitrogen and oxygen atoms in total. The van der Waals surface area contributed by atoms with Crippen LogP contribution in [-0.4, -0.2) is 37.2 Å². The van der Waals surface area contributed by atoms with E-state index in [1.54, 1.807) is 0 Å². The van der Waals surface area contributed by atoms with E-state index in [4.69, 9.17) is 14.2 Å². The maximum atomic E-state index is 13.0. The third kappa shape index (κ3) is 69.5. The van der Waals surface area contributed by atoms with E-state index in [9.17, 15) is 14.4 Å². The van der Waals surface area contributed by atoms with Crippen molar-refractivity contribution < 1.29 is 28.6 Å². The van der Waals surface area contributed by atoms with Crippen molar-refractivity contribution in [1.82, 2.24) is 0 Å². The molecule has 0 heterocycles. The van der Waals surface area contributed by atoms with Gasteiger partial charge in [0.05, 0.1) is 0 Å². The highest BCUT2D eigenvalue weighted by Crippen LogP contribution is 2.18. The number of rotatable bonds is 67. The molecule has 0 aromatic carbocycles. The molecule has 0 rings (SSSR count). The van der Waals surface area contributed by atoms with Crippen molar-refractivity contribution in [2.24, 2.45) is 0 Å². The summed E-state index contributed by atoms with van der Waals surface area (Å²) in [5, 5.41) is 0. The maximum absolute atomic E-state index is 13.0. The molecule has 0 fully saturated rings. The van der Waals surface area contributed by atoms with Gasteiger partial charge in [-0.25, -0.2) is 0 Å². The lowest BCUT2D eigenvalue weighted by molar-refractivity contribution is -0.167. The summed E-state index contributed by atoms with van der Waals surface area (Å²) < 4.78 is 17.0. The number of carbonyl (C=O) groups is 3. The van der Waals surface area contributed by atoms with Crippen molar-refractivity contribution in [2.75, 3.05) is 13.2 Å². The van der Waals surface area contributed by atoms with Gasteiger partial charge in [0, 0.05) is 19.3 Å². The molecule has 1 atom stereocenters. The van der Waals surface area contributed by atoms with E-state index in [1.807, 2.05) is 0 Å². The van der Waals surface area contributed by atoms with Gasteiger partial charge < -0.3 is 14.2 Å². The summed E-state index contributed by atoms with van der Waals surface area (Å²) in [6.45, 7) is 6.56. The number of hydrogen-bond donors (Lipinski definition) is 0. The molecule has 83 heavy (non-hydrogen) atoms. The zero-order valence-electron chi connectivity index (χ0n) is 55.5. The minimum atomic E-state index is -0.795. The number of hydrogen-bond acceptors (Lipinski definition) is 6. The average molecular weight is 1160 g/mol. The number of esters is 3. The Bertz CT molecular complexity index is 1520. The zero-order valence-corrected chi connectivity index (χ0v) is 55.5. The van der Waals surface area contributed by atoms with Gasteiger partial charge in [-0.1, -0.05) is 344 Å². The van der Waals surface area contributed by atoms with Crippen molar-refractivity contribution in [3.63, 3.8) is 0 Å². The molecule has 0 saturated heterocycles.